The first-order valence-corrected chi connectivity index (χ1v) is 5.89. The number of nitrogens with zero attached hydrogens (tertiary/aromatic N) is 1. The summed E-state index contributed by atoms with van der Waals surface area (Å²) >= 11 is 0. The highest BCUT2D eigenvalue weighted by Gasteiger charge is 2.26. The Bertz CT molecular complexity index is 197. The van der Waals surface area contributed by atoms with Crippen molar-refractivity contribution in [3.63, 3.8) is 0 Å². The van der Waals surface area contributed by atoms with E-state index in [9.17, 15) is 4.79 Å². The number of hydrogen-bond acceptors (Lipinski definition) is 3. The maximum atomic E-state index is 11.8. The summed E-state index contributed by atoms with van der Waals surface area (Å²) in [5.74, 6) is 0.226. The van der Waals surface area contributed by atoms with Gasteiger partial charge in [-0.2, -0.15) is 0 Å². The molecule has 0 spiro atoms. The Hall–Kier alpha value is -0.610. The van der Waals surface area contributed by atoms with Crippen molar-refractivity contribution < 1.29 is 9.53 Å². The smallest absolute Gasteiger partial charge is 0.239 e. The maximum absolute atomic E-state index is 11.8. The zero-order valence-electron chi connectivity index (χ0n) is 9.79. The van der Waals surface area contributed by atoms with Crippen LogP contribution in [-0.4, -0.2) is 49.7 Å². The summed E-state index contributed by atoms with van der Waals surface area (Å²) in [5.41, 5.74) is 0. The van der Waals surface area contributed by atoms with Gasteiger partial charge < -0.3 is 15.0 Å². The fourth-order valence-corrected chi connectivity index (χ4v) is 1.75. The van der Waals surface area contributed by atoms with Crippen LogP contribution in [0.5, 0.6) is 0 Å². The highest BCUT2D eigenvalue weighted by molar-refractivity contribution is 5.82. The van der Waals surface area contributed by atoms with E-state index in [4.69, 9.17) is 4.74 Å². The van der Waals surface area contributed by atoms with Crippen molar-refractivity contribution in [3.8, 4) is 0 Å². The number of rotatable bonds is 6. The van der Waals surface area contributed by atoms with Gasteiger partial charge in [-0.3, -0.25) is 4.79 Å². The number of carbonyl (C=O) groups is 1. The number of amides is 1. The van der Waals surface area contributed by atoms with Crippen LogP contribution in [-0.2, 0) is 9.53 Å². The molecular formula is C11H22N2O2. The standard InChI is InChI=1S/C11H22N2O2/c1-3-8-15-9-7-13-6-5-12-10(4-2)11(13)14/h10,12H,3-9H2,1-2H3. The largest absolute Gasteiger partial charge is 0.380 e. The third-order valence-electron chi connectivity index (χ3n) is 2.64. The molecule has 1 fully saturated rings. The first kappa shape index (κ1) is 12.5. The molecule has 0 radical (unpaired) electrons. The van der Waals surface area contributed by atoms with Crippen molar-refractivity contribution in [2.24, 2.45) is 0 Å². The molecule has 0 aromatic heterocycles. The molecule has 1 unspecified atom stereocenters. The molecule has 0 bridgehead atoms. The monoisotopic (exact) mass is 214 g/mol. The second-order valence-corrected chi connectivity index (χ2v) is 3.85. The molecule has 0 aromatic carbocycles. The summed E-state index contributed by atoms with van der Waals surface area (Å²) in [7, 11) is 0. The summed E-state index contributed by atoms with van der Waals surface area (Å²) < 4.78 is 5.39. The minimum atomic E-state index is 0.0184. The number of nitrogens with one attached hydrogen (secondary N) is 1. The molecule has 0 saturated carbocycles. The molecule has 1 atom stereocenters. The van der Waals surface area contributed by atoms with E-state index < -0.39 is 0 Å². The van der Waals surface area contributed by atoms with E-state index in [1.54, 1.807) is 0 Å². The van der Waals surface area contributed by atoms with E-state index >= 15 is 0 Å². The average molecular weight is 214 g/mol. The summed E-state index contributed by atoms with van der Waals surface area (Å²) in [6.07, 6.45) is 1.90. The maximum Gasteiger partial charge on any atom is 0.239 e. The highest BCUT2D eigenvalue weighted by atomic mass is 16.5. The van der Waals surface area contributed by atoms with Gasteiger partial charge in [-0.05, 0) is 12.8 Å². The number of hydrogen-bond donors (Lipinski definition) is 1. The first-order valence-electron chi connectivity index (χ1n) is 5.89. The predicted octanol–water partition coefficient (Wildman–Crippen LogP) is 0.623. The number of ether oxygens (including phenoxy) is 1. The zero-order chi connectivity index (χ0) is 11.1. The molecule has 1 saturated heterocycles. The van der Waals surface area contributed by atoms with E-state index in [1.807, 2.05) is 11.8 Å². The van der Waals surface area contributed by atoms with Crippen LogP contribution < -0.4 is 5.32 Å². The lowest BCUT2D eigenvalue weighted by molar-refractivity contribution is -0.136. The van der Waals surface area contributed by atoms with Gasteiger partial charge in [-0.15, -0.1) is 0 Å². The van der Waals surface area contributed by atoms with Gasteiger partial charge in [-0.1, -0.05) is 13.8 Å². The molecule has 4 nitrogen and oxygen atoms in total. The first-order chi connectivity index (χ1) is 7.29. The Morgan fingerprint density at radius 3 is 2.93 bits per heavy atom. The van der Waals surface area contributed by atoms with Crippen molar-refractivity contribution in [1.29, 1.82) is 0 Å². The molecule has 1 N–H and O–H groups in total. The normalized spacial score (nSPS) is 22.1. The average Bonchev–Trinajstić information content (AvgIpc) is 2.26. The molecule has 4 heteroatoms. The van der Waals surface area contributed by atoms with Crippen LogP contribution in [0.15, 0.2) is 0 Å². The van der Waals surface area contributed by atoms with Gasteiger partial charge >= 0.3 is 0 Å². The Kier molecular flexibility index (Phi) is 5.65. The zero-order valence-corrected chi connectivity index (χ0v) is 9.79. The quantitative estimate of drug-likeness (QED) is 0.659. The van der Waals surface area contributed by atoms with Crippen molar-refractivity contribution in [1.82, 2.24) is 10.2 Å². The lowest BCUT2D eigenvalue weighted by Crippen LogP contribution is -2.55. The lowest BCUT2D eigenvalue weighted by Gasteiger charge is -2.32. The van der Waals surface area contributed by atoms with E-state index in [-0.39, 0.29) is 11.9 Å². The summed E-state index contributed by atoms with van der Waals surface area (Å²) in [6, 6.07) is 0.0184. The van der Waals surface area contributed by atoms with Crippen LogP contribution >= 0.6 is 0 Å². The van der Waals surface area contributed by atoms with E-state index in [0.717, 1.165) is 39.1 Å². The topological polar surface area (TPSA) is 41.6 Å². The Morgan fingerprint density at radius 1 is 1.47 bits per heavy atom. The van der Waals surface area contributed by atoms with Gasteiger partial charge in [0.25, 0.3) is 0 Å². The van der Waals surface area contributed by atoms with Gasteiger partial charge in [0, 0.05) is 26.2 Å². The van der Waals surface area contributed by atoms with Gasteiger partial charge in [0.2, 0.25) is 5.91 Å². The van der Waals surface area contributed by atoms with Crippen molar-refractivity contribution in [2.45, 2.75) is 32.7 Å². The highest BCUT2D eigenvalue weighted by Crippen LogP contribution is 2.04. The second kappa shape index (κ2) is 6.80. The third kappa shape index (κ3) is 3.80. The molecule has 15 heavy (non-hydrogen) atoms. The SMILES string of the molecule is CCCOCCN1CCNC(CC)C1=O. The molecule has 1 aliphatic heterocycles. The molecule has 1 heterocycles. The van der Waals surface area contributed by atoms with E-state index in [1.165, 1.54) is 0 Å². The third-order valence-corrected chi connectivity index (χ3v) is 2.64. The molecule has 1 amide bonds. The molecule has 0 aliphatic carbocycles. The van der Waals surface area contributed by atoms with Crippen LogP contribution in [0.25, 0.3) is 0 Å². The van der Waals surface area contributed by atoms with Crippen LogP contribution in [0.2, 0.25) is 0 Å². The summed E-state index contributed by atoms with van der Waals surface area (Å²) in [6.45, 7) is 8.02. The van der Waals surface area contributed by atoms with Crippen molar-refractivity contribution >= 4 is 5.91 Å². The van der Waals surface area contributed by atoms with Gasteiger partial charge in [0.15, 0.2) is 0 Å². The van der Waals surface area contributed by atoms with E-state index in [2.05, 4.69) is 12.2 Å². The molecular weight excluding hydrogens is 192 g/mol. The van der Waals surface area contributed by atoms with Crippen molar-refractivity contribution in [3.05, 3.63) is 0 Å². The lowest BCUT2D eigenvalue weighted by atomic mass is 10.1. The fourth-order valence-electron chi connectivity index (χ4n) is 1.75. The minimum Gasteiger partial charge on any atom is -0.380 e. The van der Waals surface area contributed by atoms with E-state index in [0.29, 0.717) is 6.61 Å². The Balaban J connectivity index is 2.24. The predicted molar refractivity (Wildman–Crippen MR) is 59.8 cm³/mol. The van der Waals surface area contributed by atoms with Crippen LogP contribution in [0.4, 0.5) is 0 Å². The van der Waals surface area contributed by atoms with Crippen LogP contribution in [0, 0.1) is 0 Å². The Morgan fingerprint density at radius 2 is 2.27 bits per heavy atom. The van der Waals surface area contributed by atoms with Gasteiger partial charge in [-0.25, -0.2) is 0 Å². The fraction of sp³-hybridized carbons (Fsp3) is 0.909. The number of carbonyl (C=O) groups excluding carboxylic acids is 1. The minimum absolute atomic E-state index is 0.0184. The van der Waals surface area contributed by atoms with Crippen molar-refractivity contribution in [2.75, 3.05) is 32.8 Å². The molecule has 0 aromatic rings. The summed E-state index contributed by atoms with van der Waals surface area (Å²) in [4.78, 5) is 13.7. The summed E-state index contributed by atoms with van der Waals surface area (Å²) in [5, 5.41) is 3.22. The van der Waals surface area contributed by atoms with Gasteiger partial charge in [0.05, 0.1) is 12.6 Å². The van der Waals surface area contributed by atoms with Crippen LogP contribution in [0.1, 0.15) is 26.7 Å². The number of piperazine rings is 1. The van der Waals surface area contributed by atoms with Gasteiger partial charge in [0.1, 0.15) is 0 Å². The second-order valence-electron chi connectivity index (χ2n) is 3.85. The molecule has 88 valence electrons. The Labute approximate surface area is 92.0 Å². The van der Waals surface area contributed by atoms with Crippen LogP contribution in [0.3, 0.4) is 0 Å². The molecule has 1 rings (SSSR count). The molecule has 1 aliphatic rings.